The molecule has 0 bridgehead atoms. The second kappa shape index (κ2) is 6.09. The van der Waals surface area contributed by atoms with Crippen LogP contribution in [0.2, 0.25) is 0 Å². The minimum absolute atomic E-state index is 0.0484. The van der Waals surface area contributed by atoms with Crippen molar-refractivity contribution in [2.75, 3.05) is 24.5 Å². The highest BCUT2D eigenvalue weighted by atomic mass is 16.1. The fourth-order valence-electron chi connectivity index (χ4n) is 2.56. The number of hydrogen-bond donors (Lipinski definition) is 1. The number of carbonyl (C=O) groups excluding carboxylic acids is 1. The molecule has 1 N–H and O–H groups in total. The summed E-state index contributed by atoms with van der Waals surface area (Å²) in [6.07, 6.45) is 2.51. The zero-order valence-corrected chi connectivity index (χ0v) is 12.2. The quantitative estimate of drug-likeness (QED) is 0.902. The third kappa shape index (κ3) is 3.28. The van der Waals surface area contributed by atoms with E-state index in [0.717, 1.165) is 30.8 Å². The fourth-order valence-corrected chi connectivity index (χ4v) is 2.56. The number of anilines is 1. The lowest BCUT2D eigenvalue weighted by Crippen LogP contribution is -2.28. The number of nitrogens with zero attached hydrogens (tertiary/aromatic N) is 1. The lowest BCUT2D eigenvalue weighted by Gasteiger charge is -2.21. The van der Waals surface area contributed by atoms with E-state index in [4.69, 9.17) is 0 Å². The van der Waals surface area contributed by atoms with Gasteiger partial charge in [0, 0.05) is 30.9 Å². The maximum absolute atomic E-state index is 12.2. The van der Waals surface area contributed by atoms with Crippen LogP contribution < -0.4 is 10.2 Å². The summed E-state index contributed by atoms with van der Waals surface area (Å²) in [4.78, 5) is 14.6. The van der Waals surface area contributed by atoms with Crippen LogP contribution >= 0.6 is 0 Å². The summed E-state index contributed by atoms with van der Waals surface area (Å²) in [7, 11) is 0. The maximum Gasteiger partial charge on any atom is 0.251 e. The third-order valence-corrected chi connectivity index (χ3v) is 3.67. The number of nitrogens with one attached hydrogen (secondary N) is 1. The predicted molar refractivity (Wildman–Crippen MR) is 79.8 cm³/mol. The maximum atomic E-state index is 12.2. The van der Waals surface area contributed by atoms with Crippen LogP contribution in [-0.2, 0) is 0 Å². The summed E-state index contributed by atoms with van der Waals surface area (Å²) in [5.74, 6) is 0.526. The SMILES string of the molecule is Cc1c(C(=O)NCC(C)C)cccc1N1CCCC1. The van der Waals surface area contributed by atoms with Crippen molar-refractivity contribution in [3.05, 3.63) is 29.3 Å². The summed E-state index contributed by atoms with van der Waals surface area (Å²) in [6.45, 7) is 9.21. The first-order chi connectivity index (χ1) is 9.09. The van der Waals surface area contributed by atoms with Gasteiger partial charge in [-0.05, 0) is 43.4 Å². The highest BCUT2D eigenvalue weighted by Gasteiger charge is 2.18. The Hall–Kier alpha value is -1.51. The van der Waals surface area contributed by atoms with Gasteiger partial charge in [0.2, 0.25) is 0 Å². The molecule has 1 aromatic carbocycles. The molecule has 1 aromatic rings. The van der Waals surface area contributed by atoms with Crippen molar-refractivity contribution in [1.82, 2.24) is 5.32 Å². The van der Waals surface area contributed by atoms with E-state index in [1.807, 2.05) is 12.1 Å². The van der Waals surface area contributed by atoms with Crippen LogP contribution in [0.15, 0.2) is 18.2 Å². The van der Waals surface area contributed by atoms with Crippen molar-refractivity contribution < 1.29 is 4.79 Å². The minimum atomic E-state index is 0.0484. The number of benzene rings is 1. The first-order valence-electron chi connectivity index (χ1n) is 7.22. The Labute approximate surface area is 116 Å². The van der Waals surface area contributed by atoms with Crippen LogP contribution in [0.5, 0.6) is 0 Å². The lowest BCUT2D eigenvalue weighted by molar-refractivity contribution is 0.0948. The Morgan fingerprint density at radius 3 is 2.63 bits per heavy atom. The van der Waals surface area contributed by atoms with Crippen molar-refractivity contribution >= 4 is 11.6 Å². The highest BCUT2D eigenvalue weighted by Crippen LogP contribution is 2.26. The van der Waals surface area contributed by atoms with Crippen molar-refractivity contribution in [1.29, 1.82) is 0 Å². The van der Waals surface area contributed by atoms with Gasteiger partial charge in [-0.3, -0.25) is 4.79 Å². The van der Waals surface area contributed by atoms with Gasteiger partial charge >= 0.3 is 0 Å². The normalized spacial score (nSPS) is 15.1. The van der Waals surface area contributed by atoms with E-state index >= 15 is 0 Å². The first-order valence-corrected chi connectivity index (χ1v) is 7.22. The molecule has 3 nitrogen and oxygen atoms in total. The minimum Gasteiger partial charge on any atom is -0.371 e. The number of rotatable bonds is 4. The number of amides is 1. The van der Waals surface area contributed by atoms with Crippen LogP contribution in [0.25, 0.3) is 0 Å². The Morgan fingerprint density at radius 1 is 1.32 bits per heavy atom. The molecule has 0 aliphatic carbocycles. The molecule has 0 atom stereocenters. The molecule has 1 amide bonds. The average molecular weight is 260 g/mol. The smallest absolute Gasteiger partial charge is 0.251 e. The van der Waals surface area contributed by atoms with E-state index in [2.05, 4.69) is 37.1 Å². The zero-order chi connectivity index (χ0) is 13.8. The van der Waals surface area contributed by atoms with Gasteiger partial charge in [-0.1, -0.05) is 19.9 Å². The van der Waals surface area contributed by atoms with Gasteiger partial charge in [0.15, 0.2) is 0 Å². The Balaban J connectivity index is 2.16. The Kier molecular flexibility index (Phi) is 4.46. The molecule has 2 rings (SSSR count). The van der Waals surface area contributed by atoms with Crippen LogP contribution in [0.1, 0.15) is 42.6 Å². The van der Waals surface area contributed by atoms with Gasteiger partial charge in [0.1, 0.15) is 0 Å². The fraction of sp³-hybridized carbons (Fsp3) is 0.562. The third-order valence-electron chi connectivity index (χ3n) is 3.67. The van der Waals surface area contributed by atoms with Gasteiger partial charge < -0.3 is 10.2 Å². The molecule has 104 valence electrons. The summed E-state index contributed by atoms with van der Waals surface area (Å²) in [6, 6.07) is 6.04. The molecule has 1 aliphatic heterocycles. The number of carbonyl (C=O) groups is 1. The van der Waals surface area contributed by atoms with E-state index in [1.165, 1.54) is 18.5 Å². The number of hydrogen-bond acceptors (Lipinski definition) is 2. The van der Waals surface area contributed by atoms with Crippen LogP contribution in [-0.4, -0.2) is 25.5 Å². The van der Waals surface area contributed by atoms with Gasteiger partial charge in [-0.25, -0.2) is 0 Å². The van der Waals surface area contributed by atoms with E-state index in [1.54, 1.807) is 0 Å². The van der Waals surface area contributed by atoms with Crippen LogP contribution in [0.3, 0.4) is 0 Å². The molecule has 0 spiro atoms. The molecule has 1 heterocycles. The van der Waals surface area contributed by atoms with Crippen LogP contribution in [0.4, 0.5) is 5.69 Å². The molecule has 1 fully saturated rings. The van der Waals surface area contributed by atoms with Gasteiger partial charge in [0.25, 0.3) is 5.91 Å². The van der Waals surface area contributed by atoms with Crippen molar-refractivity contribution in [2.45, 2.75) is 33.6 Å². The van der Waals surface area contributed by atoms with E-state index in [9.17, 15) is 4.79 Å². The molecule has 0 unspecified atom stereocenters. The Morgan fingerprint density at radius 2 is 2.00 bits per heavy atom. The van der Waals surface area contributed by atoms with E-state index in [-0.39, 0.29) is 5.91 Å². The van der Waals surface area contributed by atoms with E-state index in [0.29, 0.717) is 5.92 Å². The Bertz CT molecular complexity index is 448. The largest absolute Gasteiger partial charge is 0.371 e. The molecule has 0 aromatic heterocycles. The first kappa shape index (κ1) is 13.9. The van der Waals surface area contributed by atoms with Gasteiger partial charge in [0.05, 0.1) is 0 Å². The highest BCUT2D eigenvalue weighted by molar-refractivity contribution is 5.97. The summed E-state index contributed by atoms with van der Waals surface area (Å²) < 4.78 is 0. The standard InChI is InChI=1S/C16H24N2O/c1-12(2)11-17-16(19)14-7-6-8-15(13(14)3)18-9-4-5-10-18/h6-8,12H,4-5,9-11H2,1-3H3,(H,17,19). The van der Waals surface area contributed by atoms with Crippen molar-refractivity contribution in [3.63, 3.8) is 0 Å². The molecule has 1 aliphatic rings. The van der Waals surface area contributed by atoms with Crippen molar-refractivity contribution in [3.8, 4) is 0 Å². The average Bonchev–Trinajstić information content (AvgIpc) is 2.90. The topological polar surface area (TPSA) is 32.3 Å². The van der Waals surface area contributed by atoms with Gasteiger partial charge in [-0.2, -0.15) is 0 Å². The van der Waals surface area contributed by atoms with Gasteiger partial charge in [-0.15, -0.1) is 0 Å². The van der Waals surface area contributed by atoms with Crippen molar-refractivity contribution in [2.24, 2.45) is 5.92 Å². The summed E-state index contributed by atoms with van der Waals surface area (Å²) >= 11 is 0. The molecular weight excluding hydrogens is 236 g/mol. The summed E-state index contributed by atoms with van der Waals surface area (Å²) in [5.41, 5.74) is 3.13. The second-order valence-electron chi connectivity index (χ2n) is 5.75. The van der Waals surface area contributed by atoms with E-state index < -0.39 is 0 Å². The van der Waals surface area contributed by atoms with Crippen LogP contribution in [0, 0.1) is 12.8 Å². The molecule has 0 radical (unpaired) electrons. The predicted octanol–water partition coefficient (Wildman–Crippen LogP) is 2.98. The zero-order valence-electron chi connectivity index (χ0n) is 12.2. The monoisotopic (exact) mass is 260 g/mol. The molecule has 3 heteroatoms. The lowest BCUT2D eigenvalue weighted by atomic mass is 10.0. The molecule has 0 saturated carbocycles. The molecule has 19 heavy (non-hydrogen) atoms. The molecule has 1 saturated heterocycles. The molecular formula is C16H24N2O. The summed E-state index contributed by atoms with van der Waals surface area (Å²) in [5, 5.41) is 3.00. The second-order valence-corrected chi connectivity index (χ2v) is 5.75.